The van der Waals surface area contributed by atoms with Crippen LogP contribution in [0.4, 0.5) is 13.2 Å². The van der Waals surface area contributed by atoms with Crippen molar-refractivity contribution in [2.45, 2.75) is 20.0 Å². The maximum absolute atomic E-state index is 12.7. The van der Waals surface area contributed by atoms with Crippen molar-refractivity contribution in [1.82, 2.24) is 20.3 Å². The number of ether oxygens (including phenoxy) is 1. The molecule has 0 fully saturated rings. The molecular weight excluding hydrogens is 385 g/mol. The van der Waals surface area contributed by atoms with Crippen LogP contribution in [0, 0.1) is 13.8 Å². The van der Waals surface area contributed by atoms with Crippen LogP contribution < -0.4 is 10.1 Å². The van der Waals surface area contributed by atoms with E-state index in [1.54, 1.807) is 11.6 Å². The van der Waals surface area contributed by atoms with E-state index in [1.807, 2.05) is 31.2 Å². The van der Waals surface area contributed by atoms with Gasteiger partial charge in [0.25, 0.3) is 5.91 Å². The third-order valence-corrected chi connectivity index (χ3v) is 4.21. The number of nitrogens with one attached hydrogen (secondary N) is 1. The SMILES string of the molecule is Cc1ccc(-n2nnc(C(=O)NCCOc3cccc(C(F)(F)F)c3)c2C)cc1. The Bertz CT molecular complexity index is 998. The molecule has 0 atom stereocenters. The van der Waals surface area contributed by atoms with E-state index in [4.69, 9.17) is 4.74 Å². The van der Waals surface area contributed by atoms with E-state index in [1.165, 1.54) is 12.1 Å². The molecule has 1 amide bonds. The maximum atomic E-state index is 12.7. The number of alkyl halides is 3. The Balaban J connectivity index is 1.56. The summed E-state index contributed by atoms with van der Waals surface area (Å²) in [6.45, 7) is 3.82. The van der Waals surface area contributed by atoms with E-state index < -0.39 is 17.6 Å². The van der Waals surface area contributed by atoms with Crippen LogP contribution in [0.1, 0.15) is 27.3 Å². The normalized spacial score (nSPS) is 11.3. The molecular formula is C20H19F3N4O2. The van der Waals surface area contributed by atoms with Crippen molar-refractivity contribution in [1.29, 1.82) is 0 Å². The van der Waals surface area contributed by atoms with E-state index in [-0.39, 0.29) is 24.6 Å². The number of rotatable bonds is 6. The molecule has 0 saturated heterocycles. The van der Waals surface area contributed by atoms with E-state index in [0.717, 1.165) is 23.4 Å². The van der Waals surface area contributed by atoms with Crippen LogP contribution in [0.25, 0.3) is 5.69 Å². The van der Waals surface area contributed by atoms with Crippen LogP contribution in [-0.2, 0) is 6.18 Å². The van der Waals surface area contributed by atoms with Crippen LogP contribution in [0.3, 0.4) is 0 Å². The highest BCUT2D eigenvalue weighted by Crippen LogP contribution is 2.31. The summed E-state index contributed by atoms with van der Waals surface area (Å²) in [5, 5.41) is 10.6. The summed E-state index contributed by atoms with van der Waals surface area (Å²) >= 11 is 0. The van der Waals surface area contributed by atoms with Gasteiger partial charge in [-0.1, -0.05) is 29.0 Å². The van der Waals surface area contributed by atoms with Gasteiger partial charge in [0.1, 0.15) is 12.4 Å². The second-order valence-electron chi connectivity index (χ2n) is 6.40. The molecule has 0 radical (unpaired) electrons. The minimum absolute atomic E-state index is 0.0121. The fourth-order valence-electron chi connectivity index (χ4n) is 2.65. The standard InChI is InChI=1S/C20H19F3N4O2/c1-13-6-8-16(9-7-13)27-14(2)18(25-26-27)19(28)24-10-11-29-17-5-3-4-15(12-17)20(21,22)23/h3-9,12H,10-11H2,1-2H3,(H,24,28). The first-order chi connectivity index (χ1) is 13.8. The van der Waals surface area contributed by atoms with Crippen molar-refractivity contribution in [2.24, 2.45) is 0 Å². The van der Waals surface area contributed by atoms with Gasteiger partial charge < -0.3 is 10.1 Å². The van der Waals surface area contributed by atoms with Crippen molar-refractivity contribution >= 4 is 5.91 Å². The van der Waals surface area contributed by atoms with Gasteiger partial charge in [0.15, 0.2) is 5.69 Å². The number of carbonyl (C=O) groups excluding carboxylic acids is 1. The summed E-state index contributed by atoms with van der Waals surface area (Å²) in [5.41, 5.74) is 1.84. The largest absolute Gasteiger partial charge is 0.492 e. The lowest BCUT2D eigenvalue weighted by molar-refractivity contribution is -0.137. The van der Waals surface area contributed by atoms with Gasteiger partial charge in [0.05, 0.1) is 23.5 Å². The zero-order valence-corrected chi connectivity index (χ0v) is 15.8. The van der Waals surface area contributed by atoms with Crippen molar-refractivity contribution in [2.75, 3.05) is 13.2 Å². The second kappa shape index (κ2) is 8.34. The van der Waals surface area contributed by atoms with E-state index in [0.29, 0.717) is 5.69 Å². The maximum Gasteiger partial charge on any atom is 0.416 e. The molecule has 152 valence electrons. The highest BCUT2D eigenvalue weighted by molar-refractivity contribution is 5.93. The molecule has 0 spiro atoms. The van der Waals surface area contributed by atoms with Crippen LogP contribution in [0.5, 0.6) is 5.75 Å². The third kappa shape index (κ3) is 4.92. The Morgan fingerprint density at radius 1 is 1.14 bits per heavy atom. The number of benzene rings is 2. The molecule has 0 bridgehead atoms. The van der Waals surface area contributed by atoms with Crippen LogP contribution >= 0.6 is 0 Å². The predicted octanol–water partition coefficient (Wildman–Crippen LogP) is 3.71. The molecule has 0 saturated carbocycles. The fraction of sp³-hybridized carbons (Fsp3) is 0.250. The zero-order chi connectivity index (χ0) is 21.0. The van der Waals surface area contributed by atoms with Gasteiger partial charge in [-0.05, 0) is 44.2 Å². The highest BCUT2D eigenvalue weighted by Gasteiger charge is 2.30. The molecule has 3 rings (SSSR count). The molecule has 0 aliphatic heterocycles. The Labute approximate surface area is 165 Å². The molecule has 1 aromatic heterocycles. The summed E-state index contributed by atoms with van der Waals surface area (Å²) in [5.74, 6) is -0.357. The first-order valence-corrected chi connectivity index (χ1v) is 8.83. The lowest BCUT2D eigenvalue weighted by Gasteiger charge is -2.10. The molecule has 3 aromatic rings. The number of hydrogen-bond donors (Lipinski definition) is 1. The average molecular weight is 404 g/mol. The number of aromatic nitrogens is 3. The van der Waals surface area contributed by atoms with Gasteiger partial charge in [0, 0.05) is 0 Å². The average Bonchev–Trinajstić information content (AvgIpc) is 3.07. The van der Waals surface area contributed by atoms with Gasteiger partial charge in [-0.2, -0.15) is 13.2 Å². The number of aryl methyl sites for hydroxylation is 1. The Hall–Kier alpha value is -3.36. The molecule has 0 aliphatic carbocycles. The topological polar surface area (TPSA) is 69.0 Å². The Kier molecular flexibility index (Phi) is 5.86. The lowest BCUT2D eigenvalue weighted by atomic mass is 10.2. The molecule has 1 heterocycles. The van der Waals surface area contributed by atoms with Gasteiger partial charge in [-0.25, -0.2) is 4.68 Å². The molecule has 1 N–H and O–H groups in total. The molecule has 6 nitrogen and oxygen atoms in total. The summed E-state index contributed by atoms with van der Waals surface area (Å²) in [6, 6.07) is 12.2. The van der Waals surface area contributed by atoms with E-state index >= 15 is 0 Å². The van der Waals surface area contributed by atoms with E-state index in [9.17, 15) is 18.0 Å². The molecule has 9 heteroatoms. The van der Waals surface area contributed by atoms with Crippen molar-refractivity contribution in [3.05, 3.63) is 71.0 Å². The van der Waals surface area contributed by atoms with Crippen LogP contribution in [0.15, 0.2) is 48.5 Å². The minimum Gasteiger partial charge on any atom is -0.492 e. The van der Waals surface area contributed by atoms with Crippen LogP contribution in [0.2, 0.25) is 0 Å². The van der Waals surface area contributed by atoms with Gasteiger partial charge in [0.2, 0.25) is 0 Å². The van der Waals surface area contributed by atoms with E-state index in [2.05, 4.69) is 15.6 Å². The molecule has 29 heavy (non-hydrogen) atoms. The second-order valence-corrected chi connectivity index (χ2v) is 6.40. The Morgan fingerprint density at radius 3 is 2.55 bits per heavy atom. The third-order valence-electron chi connectivity index (χ3n) is 4.21. The summed E-state index contributed by atoms with van der Waals surface area (Å²) in [7, 11) is 0. The number of nitrogens with zero attached hydrogens (tertiary/aromatic N) is 3. The fourth-order valence-corrected chi connectivity index (χ4v) is 2.65. The monoisotopic (exact) mass is 404 g/mol. The summed E-state index contributed by atoms with van der Waals surface area (Å²) < 4.78 is 45.0. The number of amides is 1. The number of carbonyl (C=O) groups is 1. The smallest absolute Gasteiger partial charge is 0.416 e. The first kappa shape index (κ1) is 20.4. The van der Waals surface area contributed by atoms with Crippen molar-refractivity contribution in [3.63, 3.8) is 0 Å². The molecule has 0 aliphatic rings. The molecule has 0 unspecified atom stereocenters. The highest BCUT2D eigenvalue weighted by atomic mass is 19.4. The van der Waals surface area contributed by atoms with Crippen molar-refractivity contribution in [3.8, 4) is 11.4 Å². The number of halogens is 3. The predicted molar refractivity (Wildman–Crippen MR) is 100 cm³/mol. The van der Waals surface area contributed by atoms with Gasteiger partial charge >= 0.3 is 6.18 Å². The van der Waals surface area contributed by atoms with Gasteiger partial charge in [-0.3, -0.25) is 4.79 Å². The summed E-state index contributed by atoms with van der Waals surface area (Å²) in [4.78, 5) is 12.3. The quantitative estimate of drug-likeness (QED) is 0.636. The number of hydrogen-bond acceptors (Lipinski definition) is 4. The van der Waals surface area contributed by atoms with Crippen molar-refractivity contribution < 1.29 is 22.7 Å². The minimum atomic E-state index is -4.44. The lowest BCUT2D eigenvalue weighted by Crippen LogP contribution is -2.29. The Morgan fingerprint density at radius 2 is 1.86 bits per heavy atom. The van der Waals surface area contributed by atoms with Crippen LogP contribution in [-0.4, -0.2) is 34.1 Å². The summed E-state index contributed by atoms with van der Waals surface area (Å²) in [6.07, 6.45) is -4.44. The first-order valence-electron chi connectivity index (χ1n) is 8.83. The zero-order valence-electron chi connectivity index (χ0n) is 15.8. The molecule has 2 aromatic carbocycles. The van der Waals surface area contributed by atoms with Gasteiger partial charge in [-0.15, -0.1) is 5.10 Å².